The number of fused-ring (bicyclic) bond motifs is 1. The Bertz CT molecular complexity index is 1220. The molecular weight excluding hydrogens is 502 g/mol. The molecule has 1 aliphatic carbocycles. The second kappa shape index (κ2) is 11.1. The molecule has 0 spiro atoms. The van der Waals surface area contributed by atoms with Crippen molar-refractivity contribution in [3.8, 4) is 11.5 Å². The highest BCUT2D eigenvalue weighted by Gasteiger charge is 2.44. The summed E-state index contributed by atoms with van der Waals surface area (Å²) in [6.45, 7) is 3.52. The minimum atomic E-state index is -0.776. The van der Waals surface area contributed by atoms with E-state index in [-0.39, 0.29) is 30.3 Å². The number of benzene rings is 1. The lowest BCUT2D eigenvalue weighted by Gasteiger charge is -2.43. The van der Waals surface area contributed by atoms with Gasteiger partial charge in [-0.2, -0.15) is 5.10 Å². The van der Waals surface area contributed by atoms with Gasteiger partial charge in [0, 0.05) is 44.2 Å². The van der Waals surface area contributed by atoms with Crippen molar-refractivity contribution >= 4 is 29.5 Å². The van der Waals surface area contributed by atoms with Gasteiger partial charge < -0.3 is 19.3 Å². The lowest BCUT2D eigenvalue weighted by molar-refractivity contribution is -0.154. The van der Waals surface area contributed by atoms with Gasteiger partial charge in [0.15, 0.2) is 11.5 Å². The molecule has 11 heteroatoms. The van der Waals surface area contributed by atoms with Crippen LogP contribution in [0, 0.1) is 11.8 Å². The molecule has 11 nitrogen and oxygen atoms in total. The van der Waals surface area contributed by atoms with Crippen molar-refractivity contribution in [2.45, 2.75) is 38.6 Å². The molecule has 5 rings (SSSR count). The molecular formula is C28H35N5O6. The summed E-state index contributed by atoms with van der Waals surface area (Å²) in [7, 11) is 3.18. The number of allylic oxidation sites excluding steroid dienone is 2. The SMILES string of the molecule is CCN1CCN(C(=O)N2CCC(N3N=C(c4ccc(OC)c(OC)c4)[C@H]4CC=CC[C@H]4C3=O)CC2)C(=O)C1=O. The van der Waals surface area contributed by atoms with Gasteiger partial charge in [-0.1, -0.05) is 12.2 Å². The van der Waals surface area contributed by atoms with Crippen LogP contribution in [-0.4, -0.2) is 102 Å². The van der Waals surface area contributed by atoms with Crippen LogP contribution in [0.2, 0.25) is 0 Å². The summed E-state index contributed by atoms with van der Waals surface area (Å²) < 4.78 is 10.9. The number of amides is 5. The van der Waals surface area contributed by atoms with E-state index in [9.17, 15) is 19.2 Å². The molecule has 1 aromatic carbocycles. The monoisotopic (exact) mass is 537 g/mol. The first-order chi connectivity index (χ1) is 18.9. The smallest absolute Gasteiger partial charge is 0.327 e. The lowest BCUT2D eigenvalue weighted by Crippen LogP contribution is -2.60. The fourth-order valence-corrected chi connectivity index (χ4v) is 5.96. The number of hydrazone groups is 1. The minimum absolute atomic E-state index is 0.00909. The number of urea groups is 1. The predicted molar refractivity (Wildman–Crippen MR) is 142 cm³/mol. The number of hydrogen-bond acceptors (Lipinski definition) is 7. The van der Waals surface area contributed by atoms with Gasteiger partial charge >= 0.3 is 17.8 Å². The Morgan fingerprint density at radius 3 is 2.28 bits per heavy atom. The Hall–Kier alpha value is -3.89. The van der Waals surface area contributed by atoms with E-state index < -0.39 is 17.8 Å². The number of imide groups is 1. The van der Waals surface area contributed by atoms with Crippen molar-refractivity contribution in [2.24, 2.45) is 16.9 Å². The zero-order valence-electron chi connectivity index (χ0n) is 22.7. The van der Waals surface area contributed by atoms with Crippen molar-refractivity contribution in [3.05, 3.63) is 35.9 Å². The zero-order chi connectivity index (χ0) is 27.7. The number of nitrogens with zero attached hydrogens (tertiary/aromatic N) is 5. The number of methoxy groups -OCH3 is 2. The predicted octanol–water partition coefficient (Wildman–Crippen LogP) is 2.11. The maximum absolute atomic E-state index is 13.6. The number of piperidine rings is 1. The van der Waals surface area contributed by atoms with Crippen molar-refractivity contribution in [1.29, 1.82) is 0 Å². The molecule has 2 fully saturated rings. The van der Waals surface area contributed by atoms with Gasteiger partial charge in [0.2, 0.25) is 5.91 Å². The maximum Gasteiger partial charge on any atom is 0.327 e. The van der Waals surface area contributed by atoms with Crippen LogP contribution < -0.4 is 9.47 Å². The summed E-state index contributed by atoms with van der Waals surface area (Å²) in [4.78, 5) is 55.6. The molecule has 208 valence electrons. The van der Waals surface area contributed by atoms with E-state index >= 15 is 0 Å². The Kier molecular flexibility index (Phi) is 7.58. The molecule has 0 radical (unpaired) electrons. The molecule has 3 heterocycles. The Morgan fingerprint density at radius 2 is 1.62 bits per heavy atom. The Labute approximate surface area is 228 Å². The van der Waals surface area contributed by atoms with Gasteiger partial charge in [-0.25, -0.2) is 9.80 Å². The van der Waals surface area contributed by atoms with E-state index in [2.05, 4.69) is 12.2 Å². The van der Waals surface area contributed by atoms with E-state index in [1.165, 1.54) is 4.90 Å². The largest absolute Gasteiger partial charge is 0.493 e. The molecule has 2 saturated heterocycles. The van der Waals surface area contributed by atoms with E-state index in [0.717, 1.165) is 22.6 Å². The molecule has 4 aliphatic rings. The average Bonchev–Trinajstić information content (AvgIpc) is 2.98. The second-order valence-corrected chi connectivity index (χ2v) is 10.2. The standard InChI is InChI=1S/C28H35N5O6/c1-4-30-15-16-32(27(36)26(30)35)28(37)31-13-11-19(12-14-31)33-25(34)21-8-6-5-7-20(21)24(29-33)18-9-10-22(38-2)23(17-18)39-3/h5-6,9-10,17,19-21H,4,7-8,11-16H2,1-3H3/t20-,21+/m0/s1. The minimum Gasteiger partial charge on any atom is -0.493 e. The molecule has 1 aromatic rings. The number of carbonyl (C=O) groups excluding carboxylic acids is 4. The highest BCUT2D eigenvalue weighted by atomic mass is 16.5. The van der Waals surface area contributed by atoms with Crippen LogP contribution in [0.5, 0.6) is 11.5 Å². The molecule has 0 saturated carbocycles. The van der Waals surface area contributed by atoms with Crippen LogP contribution in [0.15, 0.2) is 35.5 Å². The number of likely N-dealkylation sites (N-methyl/N-ethyl adjacent to an activating group) is 1. The van der Waals surface area contributed by atoms with Crippen LogP contribution in [0.1, 0.15) is 38.2 Å². The lowest BCUT2D eigenvalue weighted by atomic mass is 9.76. The number of carbonyl (C=O) groups is 4. The molecule has 0 unspecified atom stereocenters. The molecule has 39 heavy (non-hydrogen) atoms. The second-order valence-electron chi connectivity index (χ2n) is 10.2. The van der Waals surface area contributed by atoms with Gasteiger partial charge in [0.05, 0.1) is 31.9 Å². The third-order valence-corrected chi connectivity index (χ3v) is 8.22. The summed E-state index contributed by atoms with van der Waals surface area (Å²) in [6, 6.07) is 5.08. The van der Waals surface area contributed by atoms with Gasteiger partial charge in [0.1, 0.15) is 0 Å². The van der Waals surface area contributed by atoms with Crippen LogP contribution in [0.4, 0.5) is 4.79 Å². The van der Waals surface area contributed by atoms with E-state index in [4.69, 9.17) is 14.6 Å². The zero-order valence-corrected chi connectivity index (χ0v) is 22.7. The van der Waals surface area contributed by atoms with Crippen molar-refractivity contribution < 1.29 is 28.7 Å². The molecule has 0 bridgehead atoms. The van der Waals surface area contributed by atoms with Gasteiger partial charge in [0.25, 0.3) is 0 Å². The third-order valence-electron chi connectivity index (χ3n) is 8.22. The van der Waals surface area contributed by atoms with Crippen LogP contribution in [-0.2, 0) is 14.4 Å². The summed E-state index contributed by atoms with van der Waals surface area (Å²) in [6.07, 6.45) is 6.63. The van der Waals surface area contributed by atoms with Crippen LogP contribution >= 0.6 is 0 Å². The van der Waals surface area contributed by atoms with Gasteiger partial charge in [-0.3, -0.25) is 19.3 Å². The van der Waals surface area contributed by atoms with Gasteiger partial charge in [-0.05, 0) is 50.8 Å². The fraction of sp³-hybridized carbons (Fsp3) is 0.536. The number of hydrogen-bond donors (Lipinski definition) is 0. The molecule has 0 N–H and O–H groups in total. The number of likely N-dealkylation sites (tertiary alicyclic amines) is 1. The topological polar surface area (TPSA) is 112 Å². The highest BCUT2D eigenvalue weighted by molar-refractivity contribution is 6.38. The third kappa shape index (κ3) is 4.86. The molecule has 2 atom stereocenters. The average molecular weight is 538 g/mol. The normalized spacial score (nSPS) is 24.1. The first-order valence-corrected chi connectivity index (χ1v) is 13.6. The molecule has 5 amide bonds. The van der Waals surface area contributed by atoms with Crippen LogP contribution in [0.25, 0.3) is 0 Å². The van der Waals surface area contributed by atoms with Gasteiger partial charge in [-0.15, -0.1) is 0 Å². The van der Waals surface area contributed by atoms with Crippen LogP contribution in [0.3, 0.4) is 0 Å². The van der Waals surface area contributed by atoms with Crippen molar-refractivity contribution in [1.82, 2.24) is 19.7 Å². The first-order valence-electron chi connectivity index (χ1n) is 13.6. The fourth-order valence-electron chi connectivity index (χ4n) is 5.96. The van der Waals surface area contributed by atoms with Crippen molar-refractivity contribution in [3.63, 3.8) is 0 Å². The maximum atomic E-state index is 13.6. The quantitative estimate of drug-likeness (QED) is 0.420. The number of piperazine rings is 1. The summed E-state index contributed by atoms with van der Waals surface area (Å²) >= 11 is 0. The number of rotatable bonds is 5. The van der Waals surface area contributed by atoms with E-state index in [1.807, 2.05) is 18.2 Å². The van der Waals surface area contributed by atoms with E-state index in [1.54, 1.807) is 31.1 Å². The summed E-state index contributed by atoms with van der Waals surface area (Å²) in [5.41, 5.74) is 1.73. The van der Waals surface area contributed by atoms with Crippen molar-refractivity contribution in [2.75, 3.05) is 46.9 Å². The highest BCUT2D eigenvalue weighted by Crippen LogP contribution is 2.38. The Morgan fingerprint density at radius 1 is 0.923 bits per heavy atom. The summed E-state index contributed by atoms with van der Waals surface area (Å²) in [5, 5.41) is 6.55. The number of ether oxygens (including phenoxy) is 2. The molecule has 0 aromatic heterocycles. The first kappa shape index (κ1) is 26.7. The van der Waals surface area contributed by atoms with E-state index in [0.29, 0.717) is 56.9 Å². The molecule has 3 aliphatic heterocycles. The summed E-state index contributed by atoms with van der Waals surface area (Å²) in [5.74, 6) is -0.406. The Balaban J connectivity index is 1.34.